The summed E-state index contributed by atoms with van der Waals surface area (Å²) in [6.45, 7) is 1.44. The summed E-state index contributed by atoms with van der Waals surface area (Å²) < 4.78 is 12.6. The van der Waals surface area contributed by atoms with Gasteiger partial charge in [-0.2, -0.15) is 0 Å². The van der Waals surface area contributed by atoms with Crippen LogP contribution in [0.5, 0.6) is 5.75 Å². The molecule has 0 aliphatic heterocycles. The first-order valence-electron chi connectivity index (χ1n) is 9.53. The summed E-state index contributed by atoms with van der Waals surface area (Å²) >= 11 is 15.6. The number of rotatable bonds is 5. The zero-order valence-electron chi connectivity index (χ0n) is 16.7. The fraction of sp³-hybridized carbons (Fsp3) is 0.0833. The Morgan fingerprint density at radius 2 is 1.75 bits per heavy atom. The second kappa shape index (κ2) is 9.36. The molecule has 0 saturated carbocycles. The largest absolute Gasteiger partial charge is 0.476 e. The normalized spacial score (nSPS) is 10.9. The first-order valence-corrected chi connectivity index (χ1v) is 11.1. The molecule has 162 valence electrons. The third-order valence-electron chi connectivity index (χ3n) is 4.71. The Morgan fingerprint density at radius 3 is 2.44 bits per heavy atom. The van der Waals surface area contributed by atoms with Gasteiger partial charge in [-0.1, -0.05) is 39.1 Å². The number of nitrogens with one attached hydrogen (secondary N) is 1. The van der Waals surface area contributed by atoms with Gasteiger partial charge in [0.2, 0.25) is 11.2 Å². The molecule has 4 rings (SSSR count). The van der Waals surface area contributed by atoms with Crippen molar-refractivity contribution < 1.29 is 13.9 Å². The van der Waals surface area contributed by atoms with Crippen LogP contribution in [-0.4, -0.2) is 12.5 Å². The van der Waals surface area contributed by atoms with Crippen molar-refractivity contribution in [1.29, 1.82) is 0 Å². The number of fused-ring (bicyclic) bond motifs is 1. The van der Waals surface area contributed by atoms with Gasteiger partial charge in [0, 0.05) is 25.8 Å². The molecule has 0 atom stereocenters. The highest BCUT2D eigenvalue weighted by molar-refractivity contribution is 9.10. The first-order chi connectivity index (χ1) is 15.3. The molecule has 3 aromatic carbocycles. The average molecular weight is 533 g/mol. The number of amides is 1. The molecule has 0 unspecified atom stereocenters. The van der Waals surface area contributed by atoms with Crippen molar-refractivity contribution in [1.82, 2.24) is 0 Å². The molecule has 32 heavy (non-hydrogen) atoms. The number of halogens is 3. The second-order valence-corrected chi connectivity index (χ2v) is 8.80. The Kier molecular flexibility index (Phi) is 6.55. The van der Waals surface area contributed by atoms with Gasteiger partial charge in [0.05, 0.1) is 5.39 Å². The molecule has 0 aliphatic carbocycles. The Hall–Kier alpha value is -2.80. The van der Waals surface area contributed by atoms with Crippen LogP contribution in [0.2, 0.25) is 10.0 Å². The fourth-order valence-electron chi connectivity index (χ4n) is 3.09. The molecular weight excluding hydrogens is 517 g/mol. The van der Waals surface area contributed by atoms with Crippen LogP contribution in [0, 0.1) is 6.92 Å². The van der Waals surface area contributed by atoms with E-state index in [1.54, 1.807) is 60.7 Å². The molecule has 0 fully saturated rings. The van der Waals surface area contributed by atoms with E-state index in [1.165, 1.54) is 0 Å². The number of ether oxygens (including phenoxy) is 1. The predicted octanol–water partition coefficient (Wildman–Crippen LogP) is 6.86. The molecule has 0 saturated heterocycles. The Morgan fingerprint density at radius 1 is 1.06 bits per heavy atom. The average Bonchev–Trinajstić information content (AvgIpc) is 2.76. The summed E-state index contributed by atoms with van der Waals surface area (Å²) in [5.74, 6) is -0.293. The standard InChI is InChI=1S/C24H16BrCl2NO4/c1-13-10-20-18(11-19(13)27)22(30)24(23(32-20)14-2-6-16(26)7-3-14)31-12-21(29)28-17-8-4-15(25)5-9-17/h2-11H,12H2,1H3,(H,28,29). The van der Waals surface area contributed by atoms with E-state index in [0.29, 0.717) is 26.9 Å². The summed E-state index contributed by atoms with van der Waals surface area (Å²) in [6, 6.07) is 17.1. The Balaban J connectivity index is 1.71. The zero-order valence-corrected chi connectivity index (χ0v) is 19.8. The number of benzene rings is 3. The van der Waals surface area contributed by atoms with E-state index in [0.717, 1.165) is 10.0 Å². The number of hydrogen-bond acceptors (Lipinski definition) is 4. The molecule has 5 nitrogen and oxygen atoms in total. The Labute approximate surface area is 202 Å². The summed E-state index contributed by atoms with van der Waals surface area (Å²) in [4.78, 5) is 25.7. The number of hydrogen-bond donors (Lipinski definition) is 1. The highest BCUT2D eigenvalue weighted by atomic mass is 79.9. The van der Waals surface area contributed by atoms with Gasteiger partial charge in [-0.25, -0.2) is 0 Å². The maximum absolute atomic E-state index is 13.3. The van der Waals surface area contributed by atoms with Crippen molar-refractivity contribution in [3.8, 4) is 17.1 Å². The second-order valence-electron chi connectivity index (χ2n) is 7.04. The number of aryl methyl sites for hydroxylation is 1. The van der Waals surface area contributed by atoms with E-state index in [4.69, 9.17) is 32.4 Å². The maximum atomic E-state index is 13.3. The van der Waals surface area contributed by atoms with Crippen LogP contribution in [-0.2, 0) is 4.79 Å². The van der Waals surface area contributed by atoms with Crippen LogP contribution in [0.1, 0.15) is 5.56 Å². The molecule has 0 spiro atoms. The van der Waals surface area contributed by atoms with Gasteiger partial charge in [0.1, 0.15) is 5.58 Å². The van der Waals surface area contributed by atoms with Crippen LogP contribution in [0.15, 0.2) is 74.3 Å². The fourth-order valence-corrected chi connectivity index (χ4v) is 3.64. The van der Waals surface area contributed by atoms with Gasteiger partial charge in [0.15, 0.2) is 12.4 Å². The van der Waals surface area contributed by atoms with Gasteiger partial charge in [-0.05, 0) is 73.2 Å². The molecule has 1 aromatic heterocycles. The maximum Gasteiger partial charge on any atom is 0.262 e. The minimum atomic E-state index is -0.422. The summed E-state index contributed by atoms with van der Waals surface area (Å²) in [5.41, 5.74) is 1.91. The topological polar surface area (TPSA) is 68.5 Å². The first kappa shape index (κ1) is 22.4. The van der Waals surface area contributed by atoms with Gasteiger partial charge in [-0.3, -0.25) is 9.59 Å². The van der Waals surface area contributed by atoms with E-state index in [-0.39, 0.29) is 23.5 Å². The molecule has 0 bridgehead atoms. The van der Waals surface area contributed by atoms with Crippen molar-refractivity contribution in [3.63, 3.8) is 0 Å². The third kappa shape index (κ3) is 4.83. The molecule has 8 heteroatoms. The minimum absolute atomic E-state index is 0.0781. The van der Waals surface area contributed by atoms with Crippen molar-refractivity contribution >= 4 is 61.7 Å². The van der Waals surface area contributed by atoms with Crippen LogP contribution >= 0.6 is 39.1 Å². The molecule has 1 heterocycles. The number of carbonyl (C=O) groups is 1. The van der Waals surface area contributed by atoms with Crippen molar-refractivity contribution in [3.05, 3.63) is 91.0 Å². The van der Waals surface area contributed by atoms with Crippen molar-refractivity contribution in [2.24, 2.45) is 0 Å². The number of carbonyl (C=O) groups excluding carboxylic acids is 1. The highest BCUT2D eigenvalue weighted by Gasteiger charge is 2.20. The molecule has 0 radical (unpaired) electrons. The van der Waals surface area contributed by atoms with E-state index < -0.39 is 11.3 Å². The lowest BCUT2D eigenvalue weighted by molar-refractivity contribution is -0.118. The molecular formula is C24H16BrCl2NO4. The van der Waals surface area contributed by atoms with Crippen molar-refractivity contribution in [2.45, 2.75) is 6.92 Å². The molecule has 1 amide bonds. The summed E-state index contributed by atoms with van der Waals surface area (Å²) in [6.07, 6.45) is 0. The van der Waals surface area contributed by atoms with Gasteiger partial charge in [-0.15, -0.1) is 0 Å². The monoisotopic (exact) mass is 531 g/mol. The minimum Gasteiger partial charge on any atom is -0.476 e. The van der Waals surface area contributed by atoms with E-state index in [1.807, 2.05) is 6.92 Å². The third-order valence-corrected chi connectivity index (χ3v) is 5.90. The predicted molar refractivity (Wildman–Crippen MR) is 131 cm³/mol. The molecule has 1 N–H and O–H groups in total. The summed E-state index contributed by atoms with van der Waals surface area (Å²) in [5, 5.41) is 3.96. The van der Waals surface area contributed by atoms with E-state index in [2.05, 4.69) is 21.2 Å². The SMILES string of the molecule is Cc1cc2oc(-c3ccc(Cl)cc3)c(OCC(=O)Nc3ccc(Br)cc3)c(=O)c2cc1Cl. The molecule has 0 aliphatic rings. The van der Waals surface area contributed by atoms with Crippen molar-refractivity contribution in [2.75, 3.05) is 11.9 Å². The lowest BCUT2D eigenvalue weighted by Gasteiger charge is -2.13. The summed E-state index contributed by atoms with van der Waals surface area (Å²) in [7, 11) is 0. The smallest absolute Gasteiger partial charge is 0.262 e. The Bertz CT molecular complexity index is 1370. The molecule has 4 aromatic rings. The lowest BCUT2D eigenvalue weighted by atomic mass is 10.1. The van der Waals surface area contributed by atoms with Gasteiger partial charge in [0.25, 0.3) is 5.91 Å². The zero-order chi connectivity index (χ0) is 22.8. The number of anilines is 1. The van der Waals surface area contributed by atoms with Crippen LogP contribution in [0.25, 0.3) is 22.3 Å². The van der Waals surface area contributed by atoms with E-state index >= 15 is 0 Å². The highest BCUT2D eigenvalue weighted by Crippen LogP contribution is 2.33. The van der Waals surface area contributed by atoms with Gasteiger partial charge >= 0.3 is 0 Å². The van der Waals surface area contributed by atoms with Crippen LogP contribution in [0.4, 0.5) is 5.69 Å². The van der Waals surface area contributed by atoms with Crippen LogP contribution < -0.4 is 15.5 Å². The quantitative estimate of drug-likeness (QED) is 0.305. The van der Waals surface area contributed by atoms with Gasteiger partial charge < -0.3 is 14.5 Å². The van der Waals surface area contributed by atoms with E-state index in [9.17, 15) is 9.59 Å². The lowest BCUT2D eigenvalue weighted by Crippen LogP contribution is -2.22. The van der Waals surface area contributed by atoms with Crippen LogP contribution in [0.3, 0.4) is 0 Å².